The highest BCUT2D eigenvalue weighted by Gasteiger charge is 2.51. The molecule has 0 saturated heterocycles. The summed E-state index contributed by atoms with van der Waals surface area (Å²) in [7, 11) is 0. The van der Waals surface area contributed by atoms with Crippen molar-refractivity contribution in [1.82, 2.24) is 15.2 Å². The molecule has 0 atom stereocenters. The van der Waals surface area contributed by atoms with Crippen molar-refractivity contribution < 1.29 is 9.18 Å². The molecule has 0 aliphatic heterocycles. The van der Waals surface area contributed by atoms with E-state index in [0.29, 0.717) is 6.54 Å². The number of urea groups is 1. The molecule has 4 aliphatic rings. The molecule has 1 aromatic carbocycles. The van der Waals surface area contributed by atoms with E-state index in [9.17, 15) is 9.18 Å². The Kier molecular flexibility index (Phi) is 4.45. The molecular formula is C24H30FN3O. The molecular weight excluding hydrogens is 365 g/mol. The fourth-order valence-electron chi connectivity index (χ4n) is 6.72. The SMILES string of the molecule is Cc1cc(CNC(=O)NC23CC4CC(CC(C4)C2)C3)c(C)n1-c1ccc(F)cc1. The van der Waals surface area contributed by atoms with Crippen LogP contribution in [0.2, 0.25) is 0 Å². The van der Waals surface area contributed by atoms with Crippen LogP contribution in [-0.4, -0.2) is 16.1 Å². The first kappa shape index (κ1) is 18.7. The average Bonchev–Trinajstić information content (AvgIpc) is 2.93. The van der Waals surface area contributed by atoms with Crippen molar-refractivity contribution in [2.24, 2.45) is 17.8 Å². The first-order valence-electron chi connectivity index (χ1n) is 10.9. The molecule has 4 bridgehead atoms. The van der Waals surface area contributed by atoms with Crippen LogP contribution in [0.4, 0.5) is 9.18 Å². The second-order valence-corrected chi connectivity index (χ2v) is 9.71. The maximum Gasteiger partial charge on any atom is 0.315 e. The zero-order valence-electron chi connectivity index (χ0n) is 17.3. The summed E-state index contributed by atoms with van der Waals surface area (Å²) in [5, 5.41) is 6.47. The molecule has 4 nitrogen and oxygen atoms in total. The molecule has 1 heterocycles. The number of nitrogens with one attached hydrogen (secondary N) is 2. The number of aromatic nitrogens is 1. The number of nitrogens with zero attached hydrogens (tertiary/aromatic N) is 1. The summed E-state index contributed by atoms with van der Waals surface area (Å²) in [5.74, 6) is 2.21. The van der Waals surface area contributed by atoms with Crippen LogP contribution in [0, 0.1) is 37.4 Å². The summed E-state index contributed by atoms with van der Waals surface area (Å²) in [6.45, 7) is 4.58. The van der Waals surface area contributed by atoms with Crippen molar-refractivity contribution in [2.45, 2.75) is 64.5 Å². The fraction of sp³-hybridized carbons (Fsp3) is 0.542. The third-order valence-electron chi connectivity index (χ3n) is 7.48. The second-order valence-electron chi connectivity index (χ2n) is 9.71. The van der Waals surface area contributed by atoms with Gasteiger partial charge in [-0.3, -0.25) is 0 Å². The molecule has 4 aliphatic carbocycles. The molecule has 6 rings (SSSR count). The lowest BCUT2D eigenvalue weighted by Gasteiger charge is -2.56. The standard InChI is InChI=1S/C24H30FN3O/c1-15-7-20(16(2)28(15)22-5-3-21(25)4-6-22)14-26-23(29)27-24-11-17-8-18(12-24)10-19(9-17)13-24/h3-7,17-19H,8-14H2,1-2H3,(H2,26,27,29). The van der Waals surface area contributed by atoms with E-state index in [1.54, 1.807) is 12.1 Å². The molecule has 4 saturated carbocycles. The highest BCUT2D eigenvalue weighted by molar-refractivity contribution is 5.75. The maximum absolute atomic E-state index is 13.3. The number of hydrogen-bond acceptors (Lipinski definition) is 1. The van der Waals surface area contributed by atoms with Gasteiger partial charge >= 0.3 is 6.03 Å². The van der Waals surface area contributed by atoms with Crippen LogP contribution in [0.3, 0.4) is 0 Å². The smallest absolute Gasteiger partial charge is 0.315 e. The Bertz CT molecular complexity index is 895. The summed E-state index contributed by atoms with van der Waals surface area (Å²) in [5.41, 5.74) is 4.21. The number of benzene rings is 1. The van der Waals surface area contributed by atoms with E-state index in [1.807, 2.05) is 13.8 Å². The zero-order valence-corrected chi connectivity index (χ0v) is 17.3. The van der Waals surface area contributed by atoms with Gasteiger partial charge in [0.05, 0.1) is 0 Å². The van der Waals surface area contributed by atoms with Crippen LogP contribution >= 0.6 is 0 Å². The fourth-order valence-corrected chi connectivity index (χ4v) is 6.72. The lowest BCUT2D eigenvalue weighted by atomic mass is 9.53. The number of halogens is 1. The molecule has 0 unspecified atom stereocenters. The van der Waals surface area contributed by atoms with Gasteiger partial charge in [-0.25, -0.2) is 9.18 Å². The third-order valence-corrected chi connectivity index (χ3v) is 7.48. The van der Waals surface area contributed by atoms with E-state index in [1.165, 1.54) is 31.4 Å². The summed E-state index contributed by atoms with van der Waals surface area (Å²) >= 11 is 0. The van der Waals surface area contributed by atoms with Gasteiger partial charge in [-0.1, -0.05) is 0 Å². The van der Waals surface area contributed by atoms with Crippen molar-refractivity contribution in [3.8, 4) is 5.69 Å². The quantitative estimate of drug-likeness (QED) is 0.752. The number of amides is 2. The van der Waals surface area contributed by atoms with Crippen LogP contribution in [-0.2, 0) is 6.54 Å². The van der Waals surface area contributed by atoms with Crippen LogP contribution in [0.15, 0.2) is 30.3 Å². The van der Waals surface area contributed by atoms with E-state index < -0.39 is 0 Å². The van der Waals surface area contributed by atoms with Gasteiger partial charge in [-0.15, -0.1) is 0 Å². The van der Waals surface area contributed by atoms with E-state index in [0.717, 1.165) is 59.7 Å². The van der Waals surface area contributed by atoms with E-state index >= 15 is 0 Å². The average molecular weight is 396 g/mol. The van der Waals surface area contributed by atoms with E-state index in [-0.39, 0.29) is 17.4 Å². The molecule has 2 aromatic rings. The molecule has 2 amide bonds. The number of rotatable bonds is 4. The number of hydrogen-bond donors (Lipinski definition) is 2. The maximum atomic E-state index is 13.3. The Morgan fingerprint density at radius 1 is 1.07 bits per heavy atom. The molecule has 1 aromatic heterocycles. The Hall–Kier alpha value is -2.30. The largest absolute Gasteiger partial charge is 0.334 e. The highest BCUT2D eigenvalue weighted by Crippen LogP contribution is 2.55. The Labute approximate surface area is 171 Å². The number of carbonyl (C=O) groups excluding carboxylic acids is 1. The second kappa shape index (κ2) is 6.89. The van der Waals surface area contributed by atoms with Gasteiger partial charge in [0.25, 0.3) is 0 Å². The minimum absolute atomic E-state index is 0.0316. The highest BCUT2D eigenvalue weighted by atomic mass is 19.1. The van der Waals surface area contributed by atoms with Gasteiger partial charge in [0.15, 0.2) is 0 Å². The van der Waals surface area contributed by atoms with E-state index in [4.69, 9.17) is 0 Å². The lowest BCUT2D eigenvalue weighted by molar-refractivity contribution is -0.0135. The third kappa shape index (κ3) is 3.45. The Morgan fingerprint density at radius 2 is 1.66 bits per heavy atom. The number of aryl methyl sites for hydroxylation is 1. The van der Waals surface area contributed by atoms with Crippen LogP contribution < -0.4 is 10.6 Å². The van der Waals surface area contributed by atoms with Crippen LogP contribution in [0.1, 0.15) is 55.5 Å². The Morgan fingerprint density at radius 3 is 2.24 bits per heavy atom. The summed E-state index contributed by atoms with van der Waals surface area (Å²) in [4.78, 5) is 12.7. The predicted molar refractivity (Wildman–Crippen MR) is 111 cm³/mol. The normalized spacial score (nSPS) is 29.8. The van der Waals surface area contributed by atoms with Crippen LogP contribution in [0.25, 0.3) is 5.69 Å². The predicted octanol–water partition coefficient (Wildman–Crippen LogP) is 5.00. The van der Waals surface area contributed by atoms with Gasteiger partial charge in [0.1, 0.15) is 5.82 Å². The van der Waals surface area contributed by atoms with Crippen molar-refractivity contribution in [2.75, 3.05) is 0 Å². The van der Waals surface area contributed by atoms with Gasteiger partial charge < -0.3 is 15.2 Å². The van der Waals surface area contributed by atoms with Crippen LogP contribution in [0.5, 0.6) is 0 Å². The summed E-state index contributed by atoms with van der Waals surface area (Å²) in [6.07, 6.45) is 7.59. The molecule has 2 N–H and O–H groups in total. The minimum Gasteiger partial charge on any atom is -0.334 e. The molecule has 154 valence electrons. The van der Waals surface area contributed by atoms with Crippen molar-refractivity contribution in [3.63, 3.8) is 0 Å². The summed E-state index contributed by atoms with van der Waals surface area (Å²) in [6, 6.07) is 8.58. The van der Waals surface area contributed by atoms with Crippen molar-refractivity contribution in [1.29, 1.82) is 0 Å². The first-order valence-corrected chi connectivity index (χ1v) is 10.9. The Balaban J connectivity index is 1.25. The monoisotopic (exact) mass is 395 g/mol. The molecule has 29 heavy (non-hydrogen) atoms. The molecule has 5 heteroatoms. The van der Waals surface area contributed by atoms with Crippen molar-refractivity contribution >= 4 is 6.03 Å². The van der Waals surface area contributed by atoms with Gasteiger partial charge in [0.2, 0.25) is 0 Å². The van der Waals surface area contributed by atoms with E-state index in [2.05, 4.69) is 21.3 Å². The summed E-state index contributed by atoms with van der Waals surface area (Å²) < 4.78 is 15.4. The first-order chi connectivity index (χ1) is 13.9. The lowest BCUT2D eigenvalue weighted by Crippen LogP contribution is -2.61. The number of carbonyl (C=O) groups is 1. The molecule has 0 spiro atoms. The van der Waals surface area contributed by atoms with Gasteiger partial charge in [0, 0.05) is 29.2 Å². The minimum atomic E-state index is -0.237. The van der Waals surface area contributed by atoms with Gasteiger partial charge in [-0.05, 0) is 106 Å². The topological polar surface area (TPSA) is 46.1 Å². The molecule has 4 fully saturated rings. The van der Waals surface area contributed by atoms with Gasteiger partial charge in [-0.2, -0.15) is 0 Å². The zero-order chi connectivity index (χ0) is 20.2. The van der Waals surface area contributed by atoms with Crippen molar-refractivity contribution in [3.05, 3.63) is 53.1 Å². The molecule has 0 radical (unpaired) electrons.